The van der Waals surface area contributed by atoms with Gasteiger partial charge in [0.25, 0.3) is 0 Å². The second-order valence-corrected chi connectivity index (χ2v) is 21.0. The van der Waals surface area contributed by atoms with E-state index in [1.807, 2.05) is 11.3 Å². The van der Waals surface area contributed by atoms with Gasteiger partial charge in [-0.1, -0.05) is 183 Å². The van der Waals surface area contributed by atoms with E-state index in [1.54, 1.807) is 0 Å². The van der Waals surface area contributed by atoms with E-state index in [2.05, 4.69) is 243 Å². The average molecular weight is 950 g/mol. The third kappa shape index (κ3) is 6.57. The Morgan fingerprint density at radius 2 is 0.986 bits per heavy atom. The van der Waals surface area contributed by atoms with Crippen LogP contribution < -0.4 is 0 Å². The third-order valence-electron chi connectivity index (χ3n) is 15.8. The molecule has 1 aliphatic heterocycles. The number of aromatic nitrogens is 1. The van der Waals surface area contributed by atoms with E-state index >= 15 is 0 Å². The highest BCUT2D eigenvalue weighted by Gasteiger charge is 2.35. The van der Waals surface area contributed by atoms with Crippen LogP contribution in [0, 0.1) is 12.8 Å². The van der Waals surface area contributed by atoms with Gasteiger partial charge < -0.3 is 4.57 Å². The summed E-state index contributed by atoms with van der Waals surface area (Å²) >= 11 is 1.87. The van der Waals surface area contributed by atoms with Crippen LogP contribution in [0.1, 0.15) is 41.6 Å². The summed E-state index contributed by atoms with van der Waals surface area (Å²) in [5.74, 6) is 0.759. The van der Waals surface area contributed by atoms with E-state index < -0.39 is 0 Å². The molecule has 0 saturated heterocycles. The molecule has 2 atom stereocenters. The van der Waals surface area contributed by atoms with Gasteiger partial charge in [-0.15, -0.1) is 11.3 Å². The molecule has 0 spiro atoms. The van der Waals surface area contributed by atoms with Crippen LogP contribution in [0.3, 0.4) is 0 Å². The summed E-state index contributed by atoms with van der Waals surface area (Å²) in [4.78, 5) is 12.0. The van der Waals surface area contributed by atoms with Crippen LogP contribution >= 0.6 is 11.3 Å². The van der Waals surface area contributed by atoms with Gasteiger partial charge >= 0.3 is 0 Å². The monoisotopic (exact) mass is 949 g/mol. The number of thiophene rings is 1. The highest BCUT2D eigenvalue weighted by atomic mass is 32.1. The van der Waals surface area contributed by atoms with Gasteiger partial charge in [0.05, 0.1) is 28.5 Å². The first-order chi connectivity index (χ1) is 36.0. The molecular weight excluding hydrogens is 903 g/mol. The Labute approximate surface area is 426 Å². The maximum atomic E-state index is 6.06. The summed E-state index contributed by atoms with van der Waals surface area (Å²) in [6.07, 6.45) is 0.866. The lowest BCUT2D eigenvalue weighted by atomic mass is 9.80. The molecule has 14 aromatic rings. The molecule has 3 heterocycles. The number of hydrogen-bond donors (Lipinski definition) is 0. The fourth-order valence-corrected chi connectivity index (χ4v) is 13.5. The number of benzene rings is 12. The first-order valence-corrected chi connectivity index (χ1v) is 26.3. The molecule has 0 amide bonds. The van der Waals surface area contributed by atoms with Crippen molar-refractivity contribution in [2.75, 3.05) is 0 Å². The van der Waals surface area contributed by atoms with E-state index in [-0.39, 0.29) is 12.0 Å². The third-order valence-corrected chi connectivity index (χ3v) is 16.9. The first-order valence-electron chi connectivity index (χ1n) is 25.5. The van der Waals surface area contributed by atoms with Crippen molar-refractivity contribution < 1.29 is 0 Å². The highest BCUT2D eigenvalue weighted by molar-refractivity contribution is 7.26. The van der Waals surface area contributed by atoms with Crippen molar-refractivity contribution in [3.63, 3.8) is 0 Å². The number of nitrogens with zero attached hydrogens (tertiary/aromatic N) is 3. The van der Waals surface area contributed by atoms with Crippen molar-refractivity contribution in [1.82, 2.24) is 4.57 Å². The molecule has 0 saturated carbocycles. The molecule has 0 fully saturated rings. The van der Waals surface area contributed by atoms with E-state index in [4.69, 9.17) is 9.98 Å². The zero-order chi connectivity index (χ0) is 48.3. The molecule has 73 heavy (non-hydrogen) atoms. The van der Waals surface area contributed by atoms with Crippen molar-refractivity contribution in [3.05, 3.63) is 247 Å². The molecule has 0 N–H and O–H groups in total. The van der Waals surface area contributed by atoms with Crippen LogP contribution in [0.25, 0.3) is 113 Å². The molecule has 4 heteroatoms. The Morgan fingerprint density at radius 1 is 0.438 bits per heavy atom. The summed E-state index contributed by atoms with van der Waals surface area (Å²) in [7, 11) is 0. The lowest BCUT2D eigenvalue weighted by Gasteiger charge is -2.31. The van der Waals surface area contributed by atoms with Crippen LogP contribution in [-0.2, 0) is 0 Å². The van der Waals surface area contributed by atoms with Gasteiger partial charge in [-0.25, -0.2) is 4.99 Å². The molecule has 344 valence electrons. The molecular formula is C69H47N3S. The second-order valence-electron chi connectivity index (χ2n) is 19.9. The van der Waals surface area contributed by atoms with Gasteiger partial charge in [0.2, 0.25) is 0 Å². The summed E-state index contributed by atoms with van der Waals surface area (Å²) < 4.78 is 5.07. The topological polar surface area (TPSA) is 29.6 Å². The number of aryl methyl sites for hydroxylation is 1. The lowest BCUT2D eigenvalue weighted by molar-refractivity contribution is 0.535. The Kier molecular flexibility index (Phi) is 9.46. The fraction of sp³-hybridized carbons (Fsp3) is 0.0725. The number of hydrogen-bond acceptors (Lipinski definition) is 3. The Morgan fingerprint density at radius 3 is 1.64 bits per heavy atom. The molecule has 0 bridgehead atoms. The van der Waals surface area contributed by atoms with Gasteiger partial charge in [0, 0.05) is 42.4 Å². The molecule has 15 rings (SSSR count). The van der Waals surface area contributed by atoms with E-state index in [1.165, 1.54) is 107 Å². The Hall–Kier alpha value is -8.70. The van der Waals surface area contributed by atoms with Gasteiger partial charge in [-0.3, -0.25) is 4.99 Å². The van der Waals surface area contributed by atoms with E-state index in [0.29, 0.717) is 0 Å². The maximum Gasteiger partial charge on any atom is 0.157 e. The van der Waals surface area contributed by atoms with Crippen molar-refractivity contribution in [2.45, 2.75) is 26.3 Å². The predicted molar refractivity (Wildman–Crippen MR) is 314 cm³/mol. The fourth-order valence-electron chi connectivity index (χ4n) is 12.4. The molecule has 2 unspecified atom stereocenters. The van der Waals surface area contributed by atoms with Crippen molar-refractivity contribution >= 4 is 119 Å². The number of fused-ring (bicyclic) bond motifs is 12. The lowest BCUT2D eigenvalue weighted by Crippen LogP contribution is -2.28. The van der Waals surface area contributed by atoms with E-state index in [0.717, 1.165) is 45.8 Å². The van der Waals surface area contributed by atoms with Gasteiger partial charge in [0.1, 0.15) is 0 Å². The summed E-state index contributed by atoms with van der Waals surface area (Å²) in [6, 6.07) is 83.0. The van der Waals surface area contributed by atoms with Crippen molar-refractivity contribution in [2.24, 2.45) is 15.9 Å². The Bertz CT molecular complexity index is 4580. The minimum Gasteiger partial charge on any atom is -0.308 e. The summed E-state index contributed by atoms with van der Waals surface area (Å²) in [5.41, 5.74) is 11.5. The average Bonchev–Trinajstić information content (AvgIpc) is 3.96. The standard InChI is InChI=1S/C69H47N3S/c1-3-52-66(44-30-28-43(29-31-44)42-16-5-4-6-17-42)70-69(71-67(52)55-27-15-26-54-53-25-14-13-24-51(53)34-41(2)64(54)55)56-32-33-62-65(59-37-47-20-9-12-23-50(47)40-63(59)73-62)68(56)72-60-38-48-21-10-7-18-45(48)35-57(60)58-36-46-19-8-11-22-49(46)39-61(58)72/h4-40,52,67H,3H2,1-2H3. The van der Waals surface area contributed by atoms with Crippen molar-refractivity contribution in [3.8, 4) is 16.8 Å². The predicted octanol–water partition coefficient (Wildman–Crippen LogP) is 18.9. The first kappa shape index (κ1) is 42.0. The molecule has 1 aliphatic rings. The zero-order valence-corrected chi connectivity index (χ0v) is 41.3. The Balaban J connectivity index is 1.08. The SMILES string of the molecule is CCC1C(c2ccc(-c3ccccc3)cc2)=NC(c2ccc3sc4cc5ccccc5cc4c3c2-n2c3cc4ccccc4cc3c3cc4ccccc4cc32)=NC1c1cccc2c1c(C)cc1ccccc12. The molecule has 12 aromatic carbocycles. The minimum absolute atomic E-state index is 0.00860. The second kappa shape index (κ2) is 16.4. The van der Waals surface area contributed by atoms with Crippen LogP contribution in [0.15, 0.2) is 234 Å². The van der Waals surface area contributed by atoms with E-state index in [9.17, 15) is 0 Å². The number of rotatable bonds is 6. The van der Waals surface area contributed by atoms with Gasteiger partial charge in [-0.05, 0) is 144 Å². The number of amidine groups is 1. The quantitative estimate of drug-likeness (QED) is 0.149. The van der Waals surface area contributed by atoms with Crippen molar-refractivity contribution in [1.29, 1.82) is 0 Å². The van der Waals surface area contributed by atoms with Crippen LogP contribution in [0.5, 0.6) is 0 Å². The van der Waals surface area contributed by atoms with Crippen LogP contribution in [0.4, 0.5) is 0 Å². The maximum absolute atomic E-state index is 6.06. The summed E-state index contributed by atoms with van der Waals surface area (Å²) in [5, 5.41) is 17.3. The molecule has 0 aliphatic carbocycles. The normalized spacial score (nSPS) is 15.2. The van der Waals surface area contributed by atoms with Crippen LogP contribution in [0.2, 0.25) is 0 Å². The summed E-state index contributed by atoms with van der Waals surface area (Å²) in [6.45, 7) is 4.59. The van der Waals surface area contributed by atoms with Gasteiger partial charge in [-0.2, -0.15) is 0 Å². The molecule has 2 aromatic heterocycles. The molecule has 3 nitrogen and oxygen atoms in total. The zero-order valence-electron chi connectivity index (χ0n) is 40.5. The number of aliphatic imine (C=N–C) groups is 2. The smallest absolute Gasteiger partial charge is 0.157 e. The minimum atomic E-state index is -0.220. The largest absolute Gasteiger partial charge is 0.308 e. The highest BCUT2D eigenvalue weighted by Crippen LogP contribution is 2.47. The van der Waals surface area contributed by atoms with Crippen LogP contribution in [-0.4, -0.2) is 16.1 Å². The van der Waals surface area contributed by atoms with Gasteiger partial charge in [0.15, 0.2) is 5.84 Å². The molecule has 0 radical (unpaired) electrons.